The molecule has 2 rings (SSSR count). The summed E-state index contributed by atoms with van der Waals surface area (Å²) >= 11 is 1.09. The third kappa shape index (κ3) is 5.63. The van der Waals surface area contributed by atoms with Gasteiger partial charge in [0.1, 0.15) is 28.9 Å². The fraction of sp³-hybridized carbons (Fsp3) is 0.500. The molecule has 28 heavy (non-hydrogen) atoms. The van der Waals surface area contributed by atoms with E-state index in [0.717, 1.165) is 11.8 Å². The van der Waals surface area contributed by atoms with Gasteiger partial charge in [-0.25, -0.2) is 15.0 Å². The summed E-state index contributed by atoms with van der Waals surface area (Å²) in [6.07, 6.45) is 2.36. The Labute approximate surface area is 164 Å². The Balaban J connectivity index is 1.98. The maximum Gasteiger partial charge on any atom is 0.321 e. The number of aromatic nitrogens is 4. The molecule has 0 aliphatic carbocycles. The molecule has 0 amide bonds. The van der Waals surface area contributed by atoms with Gasteiger partial charge in [-0.2, -0.15) is 0 Å². The molecule has 0 spiro atoms. The first-order valence-corrected chi connectivity index (χ1v) is 9.18. The van der Waals surface area contributed by atoms with Crippen molar-refractivity contribution in [2.45, 2.75) is 45.0 Å². The van der Waals surface area contributed by atoms with Gasteiger partial charge in [-0.05, 0) is 20.8 Å². The number of carbonyl (C=O) groups is 3. The summed E-state index contributed by atoms with van der Waals surface area (Å²) < 4.78 is 11.8. The molecule has 3 N–H and O–H groups in total. The van der Waals surface area contributed by atoms with Gasteiger partial charge in [0.25, 0.3) is 0 Å². The lowest BCUT2D eigenvalue weighted by atomic mass is 9.98. The van der Waals surface area contributed by atoms with Gasteiger partial charge in [0, 0.05) is 0 Å². The van der Waals surface area contributed by atoms with Gasteiger partial charge in [0.05, 0.1) is 18.2 Å². The number of ether oxygens (including phenoxy) is 2. The molecular weight excluding hydrogens is 390 g/mol. The molecule has 2 heterocycles. The Kier molecular flexibility index (Phi) is 6.91. The van der Waals surface area contributed by atoms with E-state index in [1.165, 1.54) is 12.7 Å². The van der Waals surface area contributed by atoms with E-state index >= 15 is 0 Å². The van der Waals surface area contributed by atoms with Gasteiger partial charge in [-0.1, -0.05) is 11.8 Å². The van der Waals surface area contributed by atoms with Crippen LogP contribution >= 0.6 is 11.8 Å². The van der Waals surface area contributed by atoms with Crippen LogP contribution in [0.25, 0.3) is 11.2 Å². The number of esters is 2. The van der Waals surface area contributed by atoms with Crippen LogP contribution in [-0.2, 0) is 30.6 Å². The molecule has 0 aliphatic rings. The molecule has 12 heteroatoms. The molecule has 0 aromatic carbocycles. The second kappa shape index (κ2) is 8.97. The predicted molar refractivity (Wildman–Crippen MR) is 97.9 cm³/mol. The number of hydrogen-bond donors (Lipinski definition) is 2. The van der Waals surface area contributed by atoms with E-state index < -0.39 is 29.8 Å². The van der Waals surface area contributed by atoms with Gasteiger partial charge < -0.3 is 20.3 Å². The van der Waals surface area contributed by atoms with Crippen molar-refractivity contribution in [1.82, 2.24) is 19.5 Å². The normalized spacial score (nSPS) is 12.6. The summed E-state index contributed by atoms with van der Waals surface area (Å²) in [5, 5.41) is 9.14. The van der Waals surface area contributed by atoms with Crippen molar-refractivity contribution in [2.75, 3.05) is 5.94 Å². The maximum absolute atomic E-state index is 11.9. The monoisotopic (exact) mass is 411 g/mol. The van der Waals surface area contributed by atoms with Gasteiger partial charge in [-0.15, -0.1) is 0 Å². The second-order valence-electron chi connectivity index (χ2n) is 6.80. The zero-order valence-electron chi connectivity index (χ0n) is 15.6. The number of nitrogens with two attached hydrogens (primary N) is 1. The number of aliphatic carboxylic acids is 1. The van der Waals surface area contributed by atoms with Crippen molar-refractivity contribution in [3.63, 3.8) is 0 Å². The van der Waals surface area contributed by atoms with Crippen molar-refractivity contribution in [2.24, 2.45) is 11.1 Å². The predicted octanol–water partition coefficient (Wildman–Crippen LogP) is 0.768. The summed E-state index contributed by atoms with van der Waals surface area (Å²) in [4.78, 5) is 46.6. The van der Waals surface area contributed by atoms with Gasteiger partial charge >= 0.3 is 17.9 Å². The number of thioether (sulfide) groups is 1. The largest absolute Gasteiger partial charge is 0.480 e. The van der Waals surface area contributed by atoms with E-state index in [0.29, 0.717) is 16.2 Å². The highest BCUT2D eigenvalue weighted by atomic mass is 32.2. The van der Waals surface area contributed by atoms with Crippen LogP contribution in [0.3, 0.4) is 0 Å². The fourth-order valence-corrected chi connectivity index (χ4v) is 2.59. The Morgan fingerprint density at radius 3 is 2.61 bits per heavy atom. The Hall–Kier alpha value is -2.73. The molecule has 0 radical (unpaired) electrons. The second-order valence-corrected chi connectivity index (χ2v) is 7.71. The summed E-state index contributed by atoms with van der Waals surface area (Å²) in [6, 6.07) is -1.31. The maximum atomic E-state index is 11.9. The average molecular weight is 411 g/mol. The van der Waals surface area contributed by atoms with Crippen LogP contribution in [0.1, 0.15) is 27.2 Å². The van der Waals surface area contributed by atoms with E-state index in [1.54, 1.807) is 25.3 Å². The van der Waals surface area contributed by atoms with Crippen LogP contribution in [0, 0.1) is 5.41 Å². The average Bonchev–Trinajstić information content (AvgIpc) is 3.02. The van der Waals surface area contributed by atoms with E-state index in [2.05, 4.69) is 15.0 Å². The molecule has 0 unspecified atom stereocenters. The van der Waals surface area contributed by atoms with E-state index in [-0.39, 0.29) is 18.6 Å². The zero-order valence-corrected chi connectivity index (χ0v) is 16.4. The fourth-order valence-electron chi connectivity index (χ4n) is 1.88. The third-order valence-electron chi connectivity index (χ3n) is 3.43. The highest BCUT2D eigenvalue weighted by molar-refractivity contribution is 7.99. The van der Waals surface area contributed by atoms with Crippen LogP contribution < -0.4 is 5.73 Å². The minimum Gasteiger partial charge on any atom is -0.480 e. The van der Waals surface area contributed by atoms with Crippen molar-refractivity contribution < 1.29 is 29.0 Å². The van der Waals surface area contributed by atoms with E-state index in [9.17, 15) is 14.4 Å². The SMILES string of the molecule is CC(C)(C)C(=O)OCn1cnc2c(SCOC(=O)C[C@@H](N)C(=O)O)ncnc21. The van der Waals surface area contributed by atoms with E-state index in [4.69, 9.17) is 20.3 Å². The summed E-state index contributed by atoms with van der Waals surface area (Å²) in [7, 11) is 0. The topological polar surface area (TPSA) is 160 Å². The number of carboxylic acids is 1. The molecule has 0 aliphatic heterocycles. The third-order valence-corrected chi connectivity index (χ3v) is 4.24. The first kappa shape index (κ1) is 21.6. The number of carbonyl (C=O) groups excluding carboxylic acids is 2. The van der Waals surface area contributed by atoms with Gasteiger partial charge in [0.2, 0.25) is 0 Å². The first-order chi connectivity index (χ1) is 13.1. The number of hydrogen-bond acceptors (Lipinski definition) is 10. The van der Waals surface area contributed by atoms with Crippen molar-refractivity contribution in [1.29, 1.82) is 0 Å². The Bertz CT molecular complexity index is 878. The number of carboxylic acid groups (broad SMARTS) is 1. The summed E-state index contributed by atoms with van der Waals surface area (Å²) in [6.45, 7) is 5.21. The Morgan fingerprint density at radius 1 is 1.25 bits per heavy atom. The first-order valence-electron chi connectivity index (χ1n) is 8.19. The standard InChI is InChI=1S/C16H21N5O6S/c1-16(2,3)15(25)26-7-21-6-20-11-12(21)18-5-19-13(11)28-8-27-10(22)4-9(17)14(23)24/h5-6,9H,4,7-8,17H2,1-3H3,(H,23,24)/t9-/m1/s1. The van der Waals surface area contributed by atoms with Crippen LogP contribution in [0.2, 0.25) is 0 Å². The number of fused-ring (bicyclic) bond motifs is 1. The lowest BCUT2D eigenvalue weighted by molar-refractivity contribution is -0.156. The van der Waals surface area contributed by atoms with Crippen molar-refractivity contribution in [3.8, 4) is 0 Å². The van der Waals surface area contributed by atoms with E-state index in [1.807, 2.05) is 0 Å². The van der Waals surface area contributed by atoms with Gasteiger partial charge in [0.15, 0.2) is 12.4 Å². The molecule has 2 aromatic rings. The summed E-state index contributed by atoms with van der Waals surface area (Å²) in [5.41, 5.74) is 5.56. The van der Waals surface area contributed by atoms with Crippen LogP contribution in [0.5, 0.6) is 0 Å². The molecule has 1 atom stereocenters. The van der Waals surface area contributed by atoms with Crippen LogP contribution in [-0.4, -0.2) is 54.5 Å². The zero-order chi connectivity index (χ0) is 20.9. The molecule has 0 saturated carbocycles. The quantitative estimate of drug-likeness (QED) is 0.273. The summed E-state index contributed by atoms with van der Waals surface area (Å²) in [5.74, 6) is -2.46. The van der Waals surface area contributed by atoms with Crippen LogP contribution in [0.15, 0.2) is 17.7 Å². The molecular formula is C16H21N5O6S. The number of nitrogens with zero attached hydrogens (tertiary/aromatic N) is 4. The Morgan fingerprint density at radius 2 is 1.96 bits per heavy atom. The molecule has 2 aromatic heterocycles. The number of rotatable bonds is 8. The highest BCUT2D eigenvalue weighted by Gasteiger charge is 2.23. The van der Waals surface area contributed by atoms with Gasteiger partial charge in [-0.3, -0.25) is 19.0 Å². The molecule has 11 nitrogen and oxygen atoms in total. The van der Waals surface area contributed by atoms with Crippen LogP contribution in [0.4, 0.5) is 0 Å². The lowest BCUT2D eigenvalue weighted by Gasteiger charge is -2.16. The smallest absolute Gasteiger partial charge is 0.321 e. The van der Waals surface area contributed by atoms with Crippen molar-refractivity contribution >= 4 is 40.8 Å². The minimum absolute atomic E-state index is 0.0458. The molecule has 152 valence electrons. The number of imidazole rings is 1. The molecule has 0 saturated heterocycles. The highest BCUT2D eigenvalue weighted by Crippen LogP contribution is 2.24. The molecule has 0 fully saturated rings. The molecule has 0 bridgehead atoms. The minimum atomic E-state index is -1.31. The van der Waals surface area contributed by atoms with Crippen molar-refractivity contribution in [3.05, 3.63) is 12.7 Å². The lowest BCUT2D eigenvalue weighted by Crippen LogP contribution is -2.33.